The standard InChI is InChI=1S/C34H53O8/c1-5-9-13-20-39-31(35)29(32(36)40-21-14-10-6-2)25-27-18-17-19-28(24-27)26-30(33(37)41-22-15-11-7-3)34(38)42-23-16-12-8-4/h18-19,24,29-30H,5-16,20-23,25-26H2,1-4H3. The van der Waals surface area contributed by atoms with Gasteiger partial charge in [0.05, 0.1) is 26.4 Å². The molecule has 0 aromatic heterocycles. The lowest BCUT2D eigenvalue weighted by molar-refractivity contribution is -0.164. The lowest BCUT2D eigenvalue weighted by Crippen LogP contribution is -2.31. The van der Waals surface area contributed by atoms with Crippen LogP contribution in [0.3, 0.4) is 0 Å². The first-order chi connectivity index (χ1) is 20.4. The molecule has 0 saturated carbocycles. The fourth-order valence-corrected chi connectivity index (χ4v) is 4.31. The van der Waals surface area contributed by atoms with Crippen LogP contribution in [-0.4, -0.2) is 50.3 Å². The van der Waals surface area contributed by atoms with E-state index in [1.54, 1.807) is 18.2 Å². The third-order valence-electron chi connectivity index (χ3n) is 6.89. The van der Waals surface area contributed by atoms with Crippen LogP contribution < -0.4 is 0 Å². The zero-order valence-corrected chi connectivity index (χ0v) is 26.4. The summed E-state index contributed by atoms with van der Waals surface area (Å²) in [6.07, 6.45) is 10.7. The van der Waals surface area contributed by atoms with Crippen LogP contribution in [0.4, 0.5) is 0 Å². The van der Waals surface area contributed by atoms with Gasteiger partial charge in [0, 0.05) is 0 Å². The van der Waals surface area contributed by atoms with Gasteiger partial charge >= 0.3 is 23.9 Å². The van der Waals surface area contributed by atoms with Crippen LogP contribution in [0.5, 0.6) is 0 Å². The number of hydrogen-bond donors (Lipinski definition) is 0. The van der Waals surface area contributed by atoms with Crippen molar-refractivity contribution in [3.05, 3.63) is 35.4 Å². The molecule has 1 radical (unpaired) electrons. The van der Waals surface area contributed by atoms with Crippen LogP contribution in [0.25, 0.3) is 0 Å². The van der Waals surface area contributed by atoms with Gasteiger partial charge in [-0.1, -0.05) is 97.3 Å². The van der Waals surface area contributed by atoms with E-state index in [0.29, 0.717) is 11.1 Å². The van der Waals surface area contributed by atoms with Crippen LogP contribution in [-0.2, 0) is 51.0 Å². The van der Waals surface area contributed by atoms with Gasteiger partial charge in [-0.15, -0.1) is 0 Å². The van der Waals surface area contributed by atoms with E-state index in [1.165, 1.54) is 0 Å². The van der Waals surface area contributed by atoms with Crippen molar-refractivity contribution < 1.29 is 38.1 Å². The van der Waals surface area contributed by atoms with E-state index < -0.39 is 35.7 Å². The quantitative estimate of drug-likeness (QED) is 0.0565. The van der Waals surface area contributed by atoms with Crippen molar-refractivity contribution in [3.8, 4) is 0 Å². The van der Waals surface area contributed by atoms with Crippen molar-refractivity contribution >= 4 is 23.9 Å². The second-order valence-electron chi connectivity index (χ2n) is 10.8. The molecule has 0 heterocycles. The average Bonchev–Trinajstić information content (AvgIpc) is 2.99. The minimum atomic E-state index is -1.11. The zero-order chi connectivity index (χ0) is 31.0. The molecule has 0 N–H and O–H groups in total. The molecule has 0 fully saturated rings. The highest BCUT2D eigenvalue weighted by Crippen LogP contribution is 2.19. The Bertz CT molecular complexity index is 795. The van der Waals surface area contributed by atoms with Gasteiger partial charge in [-0.05, 0) is 55.7 Å². The molecule has 0 saturated heterocycles. The summed E-state index contributed by atoms with van der Waals surface area (Å²) < 4.78 is 21.7. The molecule has 0 aliphatic rings. The summed E-state index contributed by atoms with van der Waals surface area (Å²) in [6.45, 7) is 9.24. The Morgan fingerprint density at radius 1 is 0.524 bits per heavy atom. The summed E-state index contributed by atoms with van der Waals surface area (Å²) in [5.41, 5.74) is 1.31. The van der Waals surface area contributed by atoms with Crippen molar-refractivity contribution in [1.82, 2.24) is 0 Å². The molecule has 0 unspecified atom stereocenters. The molecule has 0 amide bonds. The number of hydrogen-bond acceptors (Lipinski definition) is 8. The maximum atomic E-state index is 12.9. The van der Waals surface area contributed by atoms with Gasteiger partial charge in [0.25, 0.3) is 0 Å². The van der Waals surface area contributed by atoms with Crippen molar-refractivity contribution in [2.45, 2.75) is 118 Å². The Morgan fingerprint density at radius 2 is 0.810 bits per heavy atom. The molecule has 0 spiro atoms. The number of unbranched alkanes of at least 4 members (excludes halogenated alkanes) is 8. The number of esters is 4. The first-order valence-electron chi connectivity index (χ1n) is 16.0. The lowest BCUT2D eigenvalue weighted by Gasteiger charge is -2.17. The molecule has 8 heteroatoms. The second kappa shape index (κ2) is 23.6. The molecule has 0 aliphatic carbocycles. The lowest BCUT2D eigenvalue weighted by atomic mass is 9.94. The Kier molecular flexibility index (Phi) is 20.9. The van der Waals surface area contributed by atoms with E-state index in [-0.39, 0.29) is 39.3 Å². The predicted octanol–water partition coefficient (Wildman–Crippen LogP) is 6.74. The van der Waals surface area contributed by atoms with Gasteiger partial charge in [-0.25, -0.2) is 0 Å². The highest BCUT2D eigenvalue weighted by atomic mass is 16.6. The topological polar surface area (TPSA) is 105 Å². The molecule has 1 aromatic rings. The molecule has 0 bridgehead atoms. The van der Waals surface area contributed by atoms with Crippen molar-refractivity contribution in [2.24, 2.45) is 11.8 Å². The molecule has 1 aromatic carbocycles. The van der Waals surface area contributed by atoms with Gasteiger partial charge in [0.2, 0.25) is 0 Å². The molecule has 237 valence electrons. The third kappa shape index (κ3) is 15.9. The molecule has 0 atom stereocenters. The van der Waals surface area contributed by atoms with Crippen LogP contribution in [0.2, 0.25) is 0 Å². The summed E-state index contributed by atoms with van der Waals surface area (Å²) in [6, 6.07) is 8.18. The summed E-state index contributed by atoms with van der Waals surface area (Å²) in [5, 5.41) is 0. The first-order valence-corrected chi connectivity index (χ1v) is 16.0. The maximum absolute atomic E-state index is 12.9. The van der Waals surface area contributed by atoms with E-state index in [2.05, 4.69) is 33.8 Å². The maximum Gasteiger partial charge on any atom is 0.320 e. The summed E-state index contributed by atoms with van der Waals surface area (Å²) >= 11 is 0. The Labute approximate surface area is 253 Å². The third-order valence-corrected chi connectivity index (χ3v) is 6.89. The minimum Gasteiger partial charge on any atom is -0.465 e. The van der Waals surface area contributed by atoms with Crippen molar-refractivity contribution in [2.75, 3.05) is 26.4 Å². The molecule has 0 aliphatic heterocycles. The summed E-state index contributed by atoms with van der Waals surface area (Å²) in [5.74, 6) is -4.66. The average molecular weight is 590 g/mol. The number of ether oxygens (including phenoxy) is 4. The van der Waals surface area contributed by atoms with E-state index in [0.717, 1.165) is 77.0 Å². The number of rotatable bonds is 24. The van der Waals surface area contributed by atoms with E-state index in [1.807, 2.05) is 0 Å². The van der Waals surface area contributed by atoms with Gasteiger partial charge in [-0.3, -0.25) is 19.2 Å². The van der Waals surface area contributed by atoms with Gasteiger partial charge in [-0.2, -0.15) is 0 Å². The van der Waals surface area contributed by atoms with Gasteiger partial charge < -0.3 is 18.9 Å². The number of benzene rings is 1. The Morgan fingerprint density at radius 3 is 1.07 bits per heavy atom. The predicted molar refractivity (Wildman–Crippen MR) is 162 cm³/mol. The van der Waals surface area contributed by atoms with Gasteiger partial charge in [0.1, 0.15) is 0 Å². The SMILES string of the molecule is CCCCCOC(=O)C(Cc1c[c]cc(CC(C(=O)OCCCCC)C(=O)OCCCCC)c1)C(=O)OCCCCC. The number of carbonyl (C=O) groups is 4. The van der Waals surface area contributed by atoms with Gasteiger partial charge in [0.15, 0.2) is 11.8 Å². The number of carbonyl (C=O) groups excluding carboxylic acids is 4. The van der Waals surface area contributed by atoms with Crippen molar-refractivity contribution in [3.63, 3.8) is 0 Å². The largest absolute Gasteiger partial charge is 0.465 e. The highest BCUT2D eigenvalue weighted by Gasteiger charge is 2.32. The molecular formula is C34H53O8. The highest BCUT2D eigenvalue weighted by molar-refractivity contribution is 5.96. The molecular weight excluding hydrogens is 536 g/mol. The monoisotopic (exact) mass is 589 g/mol. The summed E-state index contributed by atoms with van der Waals surface area (Å²) in [7, 11) is 0. The van der Waals surface area contributed by atoms with Crippen LogP contribution in [0.15, 0.2) is 18.2 Å². The smallest absolute Gasteiger partial charge is 0.320 e. The molecule has 8 nitrogen and oxygen atoms in total. The minimum absolute atomic E-state index is 0.0666. The fourth-order valence-electron chi connectivity index (χ4n) is 4.31. The Balaban J connectivity index is 3.03. The van der Waals surface area contributed by atoms with Crippen molar-refractivity contribution in [1.29, 1.82) is 0 Å². The van der Waals surface area contributed by atoms with E-state index >= 15 is 0 Å². The zero-order valence-electron chi connectivity index (χ0n) is 26.4. The molecule has 1 rings (SSSR count). The van der Waals surface area contributed by atoms with E-state index in [4.69, 9.17) is 18.9 Å². The van der Waals surface area contributed by atoms with Crippen LogP contribution >= 0.6 is 0 Å². The van der Waals surface area contributed by atoms with Crippen LogP contribution in [0.1, 0.15) is 116 Å². The first kappa shape index (κ1) is 37.1. The summed E-state index contributed by atoms with van der Waals surface area (Å²) in [4.78, 5) is 51.7. The normalized spacial score (nSPS) is 11.0. The van der Waals surface area contributed by atoms with Crippen LogP contribution in [0, 0.1) is 17.9 Å². The molecule has 42 heavy (non-hydrogen) atoms. The van der Waals surface area contributed by atoms with E-state index in [9.17, 15) is 19.2 Å². The fraction of sp³-hybridized carbons (Fsp3) is 0.706. The second-order valence-corrected chi connectivity index (χ2v) is 10.8. The Hall–Kier alpha value is -2.90.